The molecule has 8 nitrogen and oxygen atoms in total. The summed E-state index contributed by atoms with van der Waals surface area (Å²) in [5.74, 6) is -1.18. The molecule has 0 radical (unpaired) electrons. The van der Waals surface area contributed by atoms with Gasteiger partial charge in [-0.25, -0.2) is 8.42 Å². The number of nitrogens with one attached hydrogen (secondary N) is 2. The van der Waals surface area contributed by atoms with E-state index in [2.05, 4.69) is 10.0 Å². The summed E-state index contributed by atoms with van der Waals surface area (Å²) in [6, 6.07) is 10.5. The highest BCUT2D eigenvalue weighted by molar-refractivity contribution is 7.92. The van der Waals surface area contributed by atoms with Crippen LogP contribution in [-0.4, -0.2) is 37.1 Å². The molecule has 2 aliphatic heterocycles. The predicted molar refractivity (Wildman–Crippen MR) is 104 cm³/mol. The fraction of sp³-hybridized carbons (Fsp3) is 0.250. The third-order valence-corrected chi connectivity index (χ3v) is 6.51. The van der Waals surface area contributed by atoms with Crippen LogP contribution in [0.3, 0.4) is 0 Å². The number of nitrogens with zero attached hydrogens (tertiary/aromatic N) is 1. The van der Waals surface area contributed by atoms with Crippen LogP contribution in [0, 0.1) is 6.92 Å². The van der Waals surface area contributed by atoms with E-state index in [4.69, 9.17) is 0 Å². The number of hydrogen-bond donors (Lipinski definition) is 2. The minimum absolute atomic E-state index is 0.125. The lowest BCUT2D eigenvalue weighted by molar-refractivity contribution is -0.136. The zero-order valence-electron chi connectivity index (χ0n) is 15.6. The second-order valence-corrected chi connectivity index (χ2v) is 8.87. The molecule has 1 saturated heterocycles. The Morgan fingerprint density at radius 3 is 2.48 bits per heavy atom. The molecule has 1 atom stereocenters. The largest absolute Gasteiger partial charge is 0.322 e. The fourth-order valence-electron chi connectivity index (χ4n) is 3.55. The van der Waals surface area contributed by atoms with Crippen LogP contribution in [0.4, 0.5) is 5.69 Å². The number of anilines is 1. The number of imide groups is 1. The second kappa shape index (κ2) is 7.00. The van der Waals surface area contributed by atoms with E-state index in [1.807, 2.05) is 6.92 Å². The van der Waals surface area contributed by atoms with Crippen molar-refractivity contribution in [2.45, 2.75) is 37.2 Å². The van der Waals surface area contributed by atoms with E-state index in [1.165, 1.54) is 23.1 Å². The molecule has 1 fully saturated rings. The molecule has 150 valence electrons. The van der Waals surface area contributed by atoms with Crippen molar-refractivity contribution in [3.63, 3.8) is 0 Å². The van der Waals surface area contributed by atoms with Gasteiger partial charge in [0.1, 0.15) is 6.04 Å². The lowest BCUT2D eigenvalue weighted by Crippen LogP contribution is -2.52. The van der Waals surface area contributed by atoms with Crippen LogP contribution in [0.25, 0.3) is 0 Å². The van der Waals surface area contributed by atoms with Crippen LogP contribution >= 0.6 is 0 Å². The highest BCUT2D eigenvalue weighted by atomic mass is 32.2. The molecule has 29 heavy (non-hydrogen) atoms. The standard InChI is InChI=1S/C20H19N3O5S/c1-12-2-6-15(7-3-12)29(27,28)22-14-5-4-13-11-23(20(26)16(13)10-14)17-8-9-18(24)21-19(17)25/h2-7,10,17,22H,8-9,11H2,1H3,(H,21,24,25). The number of carbonyl (C=O) groups is 3. The average Bonchev–Trinajstić information content (AvgIpc) is 2.98. The smallest absolute Gasteiger partial charge is 0.261 e. The maximum absolute atomic E-state index is 12.8. The third kappa shape index (κ3) is 3.61. The Morgan fingerprint density at radius 1 is 1.07 bits per heavy atom. The third-order valence-electron chi connectivity index (χ3n) is 5.11. The van der Waals surface area contributed by atoms with Gasteiger partial charge < -0.3 is 4.90 Å². The van der Waals surface area contributed by atoms with Crippen molar-refractivity contribution < 1.29 is 22.8 Å². The Labute approximate surface area is 168 Å². The molecule has 4 rings (SSSR count). The molecule has 0 bridgehead atoms. The van der Waals surface area contributed by atoms with Crippen molar-refractivity contribution in [1.82, 2.24) is 10.2 Å². The maximum atomic E-state index is 12.8. The van der Waals surface area contributed by atoms with Crippen LogP contribution in [0.1, 0.15) is 34.3 Å². The van der Waals surface area contributed by atoms with Crippen LogP contribution in [0.5, 0.6) is 0 Å². The van der Waals surface area contributed by atoms with E-state index in [9.17, 15) is 22.8 Å². The number of carbonyl (C=O) groups excluding carboxylic acids is 3. The van der Waals surface area contributed by atoms with Crippen molar-refractivity contribution in [2.24, 2.45) is 0 Å². The predicted octanol–water partition coefficient (Wildman–Crippen LogP) is 1.56. The molecule has 2 aliphatic rings. The van der Waals surface area contributed by atoms with Gasteiger partial charge in [-0.2, -0.15) is 0 Å². The molecule has 2 heterocycles. The summed E-state index contributed by atoms with van der Waals surface area (Å²) in [6.45, 7) is 2.11. The molecule has 0 aliphatic carbocycles. The SMILES string of the molecule is Cc1ccc(S(=O)(=O)Nc2ccc3c(c2)C(=O)N(C2CCC(=O)NC2=O)C3)cc1. The number of sulfonamides is 1. The van der Waals surface area contributed by atoms with Crippen LogP contribution in [0.15, 0.2) is 47.4 Å². The Bertz CT molecular complexity index is 1130. The number of hydrogen-bond acceptors (Lipinski definition) is 5. The van der Waals surface area contributed by atoms with E-state index < -0.39 is 22.0 Å². The molecule has 2 aromatic rings. The average molecular weight is 413 g/mol. The Morgan fingerprint density at radius 2 is 1.79 bits per heavy atom. The first-order valence-corrected chi connectivity index (χ1v) is 10.6. The van der Waals surface area contributed by atoms with Gasteiger partial charge in [0.15, 0.2) is 0 Å². The van der Waals surface area contributed by atoms with Crippen molar-refractivity contribution in [2.75, 3.05) is 4.72 Å². The highest BCUT2D eigenvalue weighted by Crippen LogP contribution is 2.30. The zero-order valence-corrected chi connectivity index (χ0v) is 16.5. The van der Waals surface area contributed by atoms with Crippen molar-refractivity contribution in [3.05, 3.63) is 59.2 Å². The van der Waals surface area contributed by atoms with Crippen molar-refractivity contribution >= 4 is 33.4 Å². The van der Waals surface area contributed by atoms with E-state index >= 15 is 0 Å². The molecule has 2 aromatic carbocycles. The van der Waals surface area contributed by atoms with Crippen LogP contribution in [-0.2, 0) is 26.2 Å². The van der Waals surface area contributed by atoms with Gasteiger partial charge in [-0.05, 0) is 43.2 Å². The van der Waals surface area contributed by atoms with Gasteiger partial charge in [-0.15, -0.1) is 0 Å². The molecular weight excluding hydrogens is 394 g/mol. The van der Waals surface area contributed by atoms with Gasteiger partial charge in [-0.1, -0.05) is 23.8 Å². The van der Waals surface area contributed by atoms with Gasteiger partial charge in [0.25, 0.3) is 15.9 Å². The van der Waals surface area contributed by atoms with E-state index in [0.29, 0.717) is 11.1 Å². The molecule has 9 heteroatoms. The lowest BCUT2D eigenvalue weighted by atomic mass is 10.0. The Hall–Kier alpha value is -3.20. The summed E-state index contributed by atoms with van der Waals surface area (Å²) in [7, 11) is -3.79. The topological polar surface area (TPSA) is 113 Å². The molecular formula is C20H19N3O5S. The Kier molecular flexibility index (Phi) is 4.62. The Balaban J connectivity index is 1.56. The van der Waals surface area contributed by atoms with Crippen molar-refractivity contribution in [1.29, 1.82) is 0 Å². The number of fused-ring (bicyclic) bond motifs is 1. The summed E-state index contributed by atoms with van der Waals surface area (Å²) >= 11 is 0. The van der Waals surface area contributed by atoms with Gasteiger partial charge >= 0.3 is 0 Å². The van der Waals surface area contributed by atoms with Crippen LogP contribution in [0.2, 0.25) is 0 Å². The molecule has 3 amide bonds. The molecule has 2 N–H and O–H groups in total. The first kappa shape index (κ1) is 19.1. The van der Waals surface area contributed by atoms with E-state index in [1.54, 1.807) is 24.3 Å². The summed E-state index contributed by atoms with van der Waals surface area (Å²) < 4.78 is 27.7. The highest BCUT2D eigenvalue weighted by Gasteiger charge is 2.39. The summed E-state index contributed by atoms with van der Waals surface area (Å²) in [6.07, 6.45) is 0.454. The monoisotopic (exact) mass is 413 g/mol. The summed E-state index contributed by atoms with van der Waals surface area (Å²) in [5, 5.41) is 2.25. The number of benzene rings is 2. The van der Waals surface area contributed by atoms with Gasteiger partial charge in [-0.3, -0.25) is 24.4 Å². The number of piperidine rings is 1. The summed E-state index contributed by atoms with van der Waals surface area (Å²) in [5.41, 5.74) is 2.26. The minimum Gasteiger partial charge on any atom is -0.322 e. The quantitative estimate of drug-likeness (QED) is 0.739. The van der Waals surface area contributed by atoms with E-state index in [-0.39, 0.29) is 41.8 Å². The first-order valence-electron chi connectivity index (χ1n) is 9.12. The van der Waals surface area contributed by atoms with Gasteiger partial charge in [0, 0.05) is 24.2 Å². The number of rotatable bonds is 4. The number of amides is 3. The number of aryl methyl sites for hydroxylation is 1. The molecule has 0 aromatic heterocycles. The summed E-state index contributed by atoms with van der Waals surface area (Å²) in [4.78, 5) is 37.8. The van der Waals surface area contributed by atoms with Gasteiger partial charge in [0.2, 0.25) is 11.8 Å². The van der Waals surface area contributed by atoms with Crippen molar-refractivity contribution in [3.8, 4) is 0 Å². The fourth-order valence-corrected chi connectivity index (χ4v) is 4.60. The first-order chi connectivity index (χ1) is 13.7. The van der Waals surface area contributed by atoms with E-state index in [0.717, 1.165) is 5.56 Å². The second-order valence-electron chi connectivity index (χ2n) is 7.19. The lowest BCUT2D eigenvalue weighted by Gasteiger charge is -2.29. The normalized spacial score (nSPS) is 19.1. The molecule has 0 saturated carbocycles. The zero-order chi connectivity index (χ0) is 20.8. The van der Waals surface area contributed by atoms with Crippen LogP contribution < -0.4 is 10.0 Å². The maximum Gasteiger partial charge on any atom is 0.261 e. The minimum atomic E-state index is -3.79. The molecule has 1 unspecified atom stereocenters. The van der Waals surface area contributed by atoms with Gasteiger partial charge in [0.05, 0.1) is 4.90 Å². The molecule has 0 spiro atoms.